The molecule has 1 aliphatic rings. The molecule has 1 saturated heterocycles. The number of ketones is 1. The Morgan fingerprint density at radius 1 is 1.25 bits per heavy atom. The lowest BCUT2D eigenvalue weighted by Crippen LogP contribution is -2.34. The van der Waals surface area contributed by atoms with Crippen LogP contribution in [0.5, 0.6) is 0 Å². The van der Waals surface area contributed by atoms with Crippen LogP contribution >= 0.6 is 0 Å². The van der Waals surface area contributed by atoms with Crippen LogP contribution in [0.1, 0.15) is 42.5 Å². The SMILES string of the molecule is O=C(CCC1CCCCN1)c1ccccc1. The third kappa shape index (κ3) is 3.17. The fourth-order valence-electron chi connectivity index (χ4n) is 2.24. The Bertz CT molecular complexity index is 328. The smallest absolute Gasteiger partial charge is 0.162 e. The molecule has 1 fully saturated rings. The summed E-state index contributed by atoms with van der Waals surface area (Å²) >= 11 is 0. The molecule has 0 saturated carbocycles. The molecular formula is C14H19NO. The molecular weight excluding hydrogens is 198 g/mol. The van der Waals surface area contributed by atoms with Crippen molar-refractivity contribution in [3.63, 3.8) is 0 Å². The number of piperidine rings is 1. The van der Waals surface area contributed by atoms with Crippen molar-refractivity contribution in [3.05, 3.63) is 35.9 Å². The van der Waals surface area contributed by atoms with Crippen molar-refractivity contribution in [3.8, 4) is 0 Å². The number of rotatable bonds is 4. The van der Waals surface area contributed by atoms with E-state index < -0.39 is 0 Å². The van der Waals surface area contributed by atoms with E-state index in [0.717, 1.165) is 18.5 Å². The highest BCUT2D eigenvalue weighted by Gasteiger charge is 2.14. The van der Waals surface area contributed by atoms with E-state index in [-0.39, 0.29) is 5.78 Å². The molecule has 0 spiro atoms. The summed E-state index contributed by atoms with van der Waals surface area (Å²) in [5, 5.41) is 3.47. The molecule has 1 atom stereocenters. The molecule has 2 heteroatoms. The van der Waals surface area contributed by atoms with Crippen molar-refractivity contribution < 1.29 is 4.79 Å². The molecule has 86 valence electrons. The van der Waals surface area contributed by atoms with Gasteiger partial charge in [-0.05, 0) is 25.8 Å². The van der Waals surface area contributed by atoms with Gasteiger partial charge in [-0.1, -0.05) is 36.8 Å². The van der Waals surface area contributed by atoms with Crippen molar-refractivity contribution in [1.29, 1.82) is 0 Å². The van der Waals surface area contributed by atoms with Crippen LogP contribution in [0, 0.1) is 0 Å². The summed E-state index contributed by atoms with van der Waals surface area (Å²) in [6.07, 6.45) is 5.46. The van der Waals surface area contributed by atoms with Crippen LogP contribution in [-0.4, -0.2) is 18.4 Å². The molecule has 1 heterocycles. The molecule has 16 heavy (non-hydrogen) atoms. The van der Waals surface area contributed by atoms with Crippen LogP contribution in [-0.2, 0) is 0 Å². The molecule has 1 N–H and O–H groups in total. The monoisotopic (exact) mass is 217 g/mol. The lowest BCUT2D eigenvalue weighted by Gasteiger charge is -2.22. The summed E-state index contributed by atoms with van der Waals surface area (Å²) in [5.74, 6) is 0.271. The van der Waals surface area contributed by atoms with Gasteiger partial charge < -0.3 is 5.32 Å². The lowest BCUT2D eigenvalue weighted by molar-refractivity contribution is 0.0974. The van der Waals surface area contributed by atoms with Gasteiger partial charge in [-0.3, -0.25) is 4.79 Å². The number of nitrogens with one attached hydrogen (secondary N) is 1. The zero-order valence-electron chi connectivity index (χ0n) is 9.61. The minimum atomic E-state index is 0.271. The molecule has 2 rings (SSSR count). The Hall–Kier alpha value is -1.15. The summed E-state index contributed by atoms with van der Waals surface area (Å²) in [7, 11) is 0. The summed E-state index contributed by atoms with van der Waals surface area (Å²) in [5.41, 5.74) is 0.846. The summed E-state index contributed by atoms with van der Waals surface area (Å²) in [6, 6.07) is 10.1. The van der Waals surface area contributed by atoms with Gasteiger partial charge in [-0.2, -0.15) is 0 Å². The molecule has 0 radical (unpaired) electrons. The highest BCUT2D eigenvalue weighted by molar-refractivity contribution is 5.95. The van der Waals surface area contributed by atoms with E-state index in [1.54, 1.807) is 0 Å². The standard InChI is InChI=1S/C14H19NO/c16-14(12-6-2-1-3-7-12)10-9-13-8-4-5-11-15-13/h1-3,6-7,13,15H,4-5,8-11H2. The quantitative estimate of drug-likeness (QED) is 0.786. The van der Waals surface area contributed by atoms with Gasteiger partial charge in [0.15, 0.2) is 5.78 Å². The third-order valence-corrected chi connectivity index (χ3v) is 3.23. The van der Waals surface area contributed by atoms with E-state index in [4.69, 9.17) is 0 Å². The van der Waals surface area contributed by atoms with Gasteiger partial charge in [0.1, 0.15) is 0 Å². The third-order valence-electron chi connectivity index (χ3n) is 3.23. The average molecular weight is 217 g/mol. The van der Waals surface area contributed by atoms with Crippen molar-refractivity contribution in [2.75, 3.05) is 6.54 Å². The van der Waals surface area contributed by atoms with Gasteiger partial charge in [-0.15, -0.1) is 0 Å². The maximum atomic E-state index is 11.9. The maximum absolute atomic E-state index is 11.9. The number of benzene rings is 1. The molecule has 1 aromatic rings. The van der Waals surface area contributed by atoms with Gasteiger partial charge >= 0.3 is 0 Å². The zero-order valence-corrected chi connectivity index (χ0v) is 9.61. The van der Waals surface area contributed by atoms with Crippen molar-refractivity contribution in [2.24, 2.45) is 0 Å². The molecule has 2 nitrogen and oxygen atoms in total. The van der Waals surface area contributed by atoms with E-state index >= 15 is 0 Å². The van der Waals surface area contributed by atoms with Gasteiger partial charge in [0, 0.05) is 18.0 Å². The topological polar surface area (TPSA) is 29.1 Å². The molecule has 0 aromatic heterocycles. The van der Waals surface area contributed by atoms with Crippen molar-refractivity contribution in [1.82, 2.24) is 5.32 Å². The summed E-state index contributed by atoms with van der Waals surface area (Å²) < 4.78 is 0. The number of hydrogen-bond acceptors (Lipinski definition) is 2. The Labute approximate surface area is 97.1 Å². The van der Waals surface area contributed by atoms with E-state index in [1.165, 1.54) is 19.3 Å². The van der Waals surface area contributed by atoms with E-state index in [9.17, 15) is 4.79 Å². The minimum Gasteiger partial charge on any atom is -0.314 e. The van der Waals surface area contributed by atoms with Crippen LogP contribution in [0.25, 0.3) is 0 Å². The van der Waals surface area contributed by atoms with Gasteiger partial charge in [0.05, 0.1) is 0 Å². The van der Waals surface area contributed by atoms with Crippen LogP contribution in [0.2, 0.25) is 0 Å². The second kappa shape index (κ2) is 5.80. The van der Waals surface area contributed by atoms with Gasteiger partial charge in [-0.25, -0.2) is 0 Å². The molecule has 1 aliphatic heterocycles. The first-order valence-corrected chi connectivity index (χ1v) is 6.18. The molecule has 1 aromatic carbocycles. The van der Waals surface area contributed by atoms with Crippen LogP contribution in [0.3, 0.4) is 0 Å². The van der Waals surface area contributed by atoms with Crippen LogP contribution in [0.15, 0.2) is 30.3 Å². The van der Waals surface area contributed by atoms with E-state index in [0.29, 0.717) is 12.5 Å². The molecule has 0 aliphatic carbocycles. The van der Waals surface area contributed by atoms with Gasteiger partial charge in [0.25, 0.3) is 0 Å². The van der Waals surface area contributed by atoms with Crippen molar-refractivity contribution >= 4 is 5.78 Å². The molecule has 1 unspecified atom stereocenters. The number of carbonyl (C=O) groups excluding carboxylic acids is 1. The second-order valence-corrected chi connectivity index (χ2v) is 4.47. The number of carbonyl (C=O) groups is 1. The van der Waals surface area contributed by atoms with Crippen LogP contribution in [0.4, 0.5) is 0 Å². The predicted molar refractivity (Wildman–Crippen MR) is 65.6 cm³/mol. The maximum Gasteiger partial charge on any atom is 0.162 e. The summed E-state index contributed by atoms with van der Waals surface area (Å²) in [6.45, 7) is 1.12. The Kier molecular flexibility index (Phi) is 4.11. The molecule has 0 amide bonds. The average Bonchev–Trinajstić information content (AvgIpc) is 2.38. The fraction of sp³-hybridized carbons (Fsp3) is 0.500. The predicted octanol–water partition coefficient (Wildman–Crippen LogP) is 2.79. The van der Waals surface area contributed by atoms with Gasteiger partial charge in [0.2, 0.25) is 0 Å². The first-order valence-electron chi connectivity index (χ1n) is 6.18. The normalized spacial score (nSPS) is 20.6. The molecule has 0 bridgehead atoms. The van der Waals surface area contributed by atoms with E-state index in [2.05, 4.69) is 5.32 Å². The largest absolute Gasteiger partial charge is 0.314 e. The Morgan fingerprint density at radius 3 is 2.75 bits per heavy atom. The number of Topliss-reactive ketones (excluding diaryl/α,β-unsaturated/α-hetero) is 1. The van der Waals surface area contributed by atoms with Crippen molar-refractivity contribution in [2.45, 2.75) is 38.1 Å². The summed E-state index contributed by atoms with van der Waals surface area (Å²) in [4.78, 5) is 11.9. The second-order valence-electron chi connectivity index (χ2n) is 4.47. The zero-order chi connectivity index (χ0) is 11.2. The first-order chi connectivity index (χ1) is 7.86. The first kappa shape index (κ1) is 11.3. The van der Waals surface area contributed by atoms with Crippen LogP contribution < -0.4 is 5.32 Å². The Morgan fingerprint density at radius 2 is 2.06 bits per heavy atom. The highest BCUT2D eigenvalue weighted by Crippen LogP contribution is 2.13. The minimum absolute atomic E-state index is 0.271. The number of hydrogen-bond donors (Lipinski definition) is 1. The Balaban J connectivity index is 1.79. The van der Waals surface area contributed by atoms with E-state index in [1.807, 2.05) is 30.3 Å². The highest BCUT2D eigenvalue weighted by atomic mass is 16.1. The lowest BCUT2D eigenvalue weighted by atomic mass is 9.97. The fourth-order valence-corrected chi connectivity index (χ4v) is 2.24.